The average molecular weight is 610 g/mol. The Bertz CT molecular complexity index is 1160. The highest BCUT2D eigenvalue weighted by Crippen LogP contribution is 2.31. The summed E-state index contributed by atoms with van der Waals surface area (Å²) in [6, 6.07) is 0. The minimum atomic E-state index is -0.990. The molecule has 2 unspecified atom stereocenters. The maximum Gasteiger partial charge on any atom is 0.303 e. The van der Waals surface area contributed by atoms with E-state index in [1.165, 1.54) is 27.9 Å². The lowest BCUT2D eigenvalue weighted by molar-refractivity contribution is -0.155. The molecule has 15 nitrogen and oxygen atoms in total. The Morgan fingerprint density at radius 1 is 0.628 bits per heavy atom. The summed E-state index contributed by atoms with van der Waals surface area (Å²) in [5.41, 5.74) is 1.22. The Morgan fingerprint density at radius 3 is 1.35 bits per heavy atom. The van der Waals surface area contributed by atoms with Crippen molar-refractivity contribution in [2.24, 2.45) is 0 Å². The van der Waals surface area contributed by atoms with Gasteiger partial charge in [0.1, 0.15) is 19.8 Å². The van der Waals surface area contributed by atoms with Gasteiger partial charge in [0.15, 0.2) is 12.2 Å². The van der Waals surface area contributed by atoms with Crippen LogP contribution in [0.1, 0.15) is 65.1 Å². The topological polar surface area (TPSA) is 202 Å². The highest BCUT2D eigenvalue weighted by Gasteiger charge is 2.27. The van der Waals surface area contributed by atoms with Gasteiger partial charge in [-0.1, -0.05) is 0 Å². The molecule has 0 saturated heterocycles. The lowest BCUT2D eigenvalue weighted by atomic mass is 9.90. The molecule has 0 aromatic heterocycles. The van der Waals surface area contributed by atoms with E-state index in [1.54, 1.807) is 13.8 Å². The molecule has 0 heterocycles. The molecule has 0 aliphatic carbocycles. The van der Waals surface area contributed by atoms with Crippen LogP contribution >= 0.6 is 0 Å². The number of hydrogen-bond donors (Lipinski definition) is 3. The molecule has 238 valence electrons. The van der Waals surface area contributed by atoms with Crippen molar-refractivity contribution in [2.45, 2.75) is 60.7 Å². The third kappa shape index (κ3) is 12.1. The summed E-state index contributed by atoms with van der Waals surface area (Å²) in [5, 5.41) is 7.90. The number of amides is 3. The van der Waals surface area contributed by atoms with Crippen LogP contribution in [0.3, 0.4) is 0 Å². The van der Waals surface area contributed by atoms with Crippen LogP contribution in [0.25, 0.3) is 0 Å². The van der Waals surface area contributed by atoms with Gasteiger partial charge in [0, 0.05) is 51.6 Å². The molecular formula is C28H39N3O12. The predicted molar refractivity (Wildman–Crippen MR) is 150 cm³/mol. The van der Waals surface area contributed by atoms with E-state index >= 15 is 0 Å². The maximum atomic E-state index is 13.5. The first-order valence-electron chi connectivity index (χ1n) is 13.2. The van der Waals surface area contributed by atoms with Gasteiger partial charge in [-0.15, -0.1) is 0 Å². The Hall–Kier alpha value is -4.53. The molecule has 0 bridgehead atoms. The number of methoxy groups -OCH3 is 1. The molecule has 0 fully saturated rings. The Labute approximate surface area is 249 Å². The highest BCUT2D eigenvalue weighted by atomic mass is 16.6. The SMILES string of the molecule is COCC(=O)Nc1c(C)c(C(=O)NCC(COC(C)=O)OC(C)=O)c(C)c(C(=O)NCC(COC(C)=O)OC(C)=O)c1C. The van der Waals surface area contributed by atoms with Gasteiger partial charge in [-0.25, -0.2) is 0 Å². The molecule has 0 aliphatic rings. The van der Waals surface area contributed by atoms with E-state index in [0.717, 1.165) is 13.8 Å². The van der Waals surface area contributed by atoms with Crippen molar-refractivity contribution in [3.05, 3.63) is 27.8 Å². The normalized spacial score (nSPS) is 11.8. The second-order valence-corrected chi connectivity index (χ2v) is 9.47. The monoisotopic (exact) mass is 609 g/mol. The summed E-state index contributed by atoms with van der Waals surface area (Å²) >= 11 is 0. The molecule has 15 heteroatoms. The van der Waals surface area contributed by atoms with Crippen LogP contribution in [0.2, 0.25) is 0 Å². The zero-order chi connectivity index (χ0) is 32.9. The quantitative estimate of drug-likeness (QED) is 0.185. The van der Waals surface area contributed by atoms with E-state index in [1.807, 2.05) is 0 Å². The largest absolute Gasteiger partial charge is 0.462 e. The average Bonchev–Trinajstić information content (AvgIpc) is 2.89. The molecule has 3 amide bonds. The first-order valence-corrected chi connectivity index (χ1v) is 13.2. The summed E-state index contributed by atoms with van der Waals surface area (Å²) < 4.78 is 24.9. The van der Waals surface area contributed by atoms with Crippen LogP contribution < -0.4 is 16.0 Å². The molecule has 0 aliphatic heterocycles. The van der Waals surface area contributed by atoms with Crippen LogP contribution in [0.15, 0.2) is 0 Å². The van der Waals surface area contributed by atoms with Crippen molar-refractivity contribution in [2.75, 3.05) is 45.3 Å². The van der Waals surface area contributed by atoms with Crippen LogP contribution in [0.5, 0.6) is 0 Å². The number of anilines is 1. The van der Waals surface area contributed by atoms with E-state index in [-0.39, 0.29) is 55.3 Å². The standard InChI is InChI=1S/C28H39N3O12/c1-14-24(27(37)29-9-21(42-19(6)34)11-40-17(4)32)15(2)26(31-23(36)13-39-8)16(3)25(14)28(38)30-10-22(43-20(7)35)12-41-18(5)33/h21-22H,9-13H2,1-8H3,(H,29,37)(H,30,38)(H,31,36). The summed E-state index contributed by atoms with van der Waals surface area (Å²) in [6.45, 7) is 8.02. The van der Waals surface area contributed by atoms with Gasteiger partial charge in [0.05, 0.1) is 13.1 Å². The van der Waals surface area contributed by atoms with E-state index < -0.39 is 53.8 Å². The molecule has 1 aromatic carbocycles. The fraction of sp³-hybridized carbons (Fsp3) is 0.536. The van der Waals surface area contributed by atoms with Gasteiger partial charge in [-0.05, 0) is 37.5 Å². The van der Waals surface area contributed by atoms with Crippen molar-refractivity contribution < 1.29 is 57.2 Å². The summed E-state index contributed by atoms with van der Waals surface area (Å²) in [7, 11) is 1.33. The number of esters is 4. The van der Waals surface area contributed by atoms with Crippen molar-refractivity contribution in [3.8, 4) is 0 Å². The van der Waals surface area contributed by atoms with Gasteiger partial charge in [-0.2, -0.15) is 0 Å². The van der Waals surface area contributed by atoms with E-state index in [9.17, 15) is 33.6 Å². The zero-order valence-electron chi connectivity index (χ0n) is 25.6. The second-order valence-electron chi connectivity index (χ2n) is 9.47. The van der Waals surface area contributed by atoms with E-state index in [0.29, 0.717) is 11.1 Å². The first kappa shape index (κ1) is 36.5. The lowest BCUT2D eigenvalue weighted by Crippen LogP contribution is -2.39. The van der Waals surface area contributed by atoms with Crippen molar-refractivity contribution >= 4 is 47.3 Å². The van der Waals surface area contributed by atoms with Gasteiger partial charge >= 0.3 is 23.9 Å². The van der Waals surface area contributed by atoms with Gasteiger partial charge < -0.3 is 39.6 Å². The lowest BCUT2D eigenvalue weighted by Gasteiger charge is -2.23. The molecule has 0 spiro atoms. The first-order chi connectivity index (χ1) is 20.1. The molecule has 43 heavy (non-hydrogen) atoms. The fourth-order valence-electron chi connectivity index (χ4n) is 4.14. The van der Waals surface area contributed by atoms with Crippen molar-refractivity contribution in [1.82, 2.24) is 10.6 Å². The van der Waals surface area contributed by atoms with Crippen LogP contribution in [0.4, 0.5) is 5.69 Å². The second kappa shape index (κ2) is 17.4. The number of ether oxygens (including phenoxy) is 5. The Kier molecular flexibility index (Phi) is 14.8. The Balaban J connectivity index is 3.47. The van der Waals surface area contributed by atoms with Crippen molar-refractivity contribution in [1.29, 1.82) is 0 Å². The highest BCUT2D eigenvalue weighted by molar-refractivity contribution is 6.08. The van der Waals surface area contributed by atoms with Crippen molar-refractivity contribution in [3.63, 3.8) is 0 Å². The molecule has 2 atom stereocenters. The van der Waals surface area contributed by atoms with Gasteiger partial charge in [-0.3, -0.25) is 33.6 Å². The Morgan fingerprint density at radius 2 is 1.02 bits per heavy atom. The molecule has 3 N–H and O–H groups in total. The van der Waals surface area contributed by atoms with Gasteiger partial charge in [0.25, 0.3) is 11.8 Å². The van der Waals surface area contributed by atoms with E-state index in [4.69, 9.17) is 23.7 Å². The summed E-state index contributed by atoms with van der Waals surface area (Å²) in [5.74, 6) is -4.40. The summed E-state index contributed by atoms with van der Waals surface area (Å²) in [6.07, 6.45) is -1.98. The molecule has 1 aromatic rings. The number of benzene rings is 1. The molecular weight excluding hydrogens is 570 g/mol. The minimum Gasteiger partial charge on any atom is -0.462 e. The molecule has 0 saturated carbocycles. The minimum absolute atomic E-state index is 0.0500. The number of rotatable bonds is 15. The molecule has 0 radical (unpaired) electrons. The van der Waals surface area contributed by atoms with Crippen LogP contribution in [0, 0.1) is 20.8 Å². The fourth-order valence-corrected chi connectivity index (χ4v) is 4.14. The molecule has 1 rings (SSSR count). The predicted octanol–water partition coefficient (Wildman–Crippen LogP) is 0.646. The van der Waals surface area contributed by atoms with Crippen LogP contribution in [-0.4, -0.2) is 93.8 Å². The van der Waals surface area contributed by atoms with Gasteiger partial charge in [0.2, 0.25) is 5.91 Å². The zero-order valence-corrected chi connectivity index (χ0v) is 25.6. The maximum absolute atomic E-state index is 13.5. The smallest absolute Gasteiger partial charge is 0.303 e. The number of carbonyl (C=O) groups is 7. The number of carbonyl (C=O) groups excluding carboxylic acids is 7. The third-order valence-corrected chi connectivity index (χ3v) is 5.83. The number of nitrogens with one attached hydrogen (secondary N) is 3. The number of hydrogen-bond acceptors (Lipinski definition) is 12. The van der Waals surface area contributed by atoms with E-state index in [2.05, 4.69) is 16.0 Å². The summed E-state index contributed by atoms with van der Waals surface area (Å²) in [4.78, 5) is 84.8. The van der Waals surface area contributed by atoms with Crippen LogP contribution in [-0.2, 0) is 47.7 Å². The third-order valence-electron chi connectivity index (χ3n) is 5.83.